The van der Waals surface area contributed by atoms with Gasteiger partial charge in [-0.3, -0.25) is 4.79 Å². The first kappa shape index (κ1) is 12.3. The molecule has 0 N–H and O–H groups in total. The minimum atomic E-state index is -1.89. The number of alkyl halides is 3. The molecule has 1 aromatic carbocycles. The molecular weight excluding hydrogens is 310 g/mol. The summed E-state index contributed by atoms with van der Waals surface area (Å²) < 4.78 is -0.973. The van der Waals surface area contributed by atoms with Gasteiger partial charge in [-0.25, -0.2) is 0 Å². The third-order valence-corrected chi connectivity index (χ3v) is 3.08. The average molecular weight is 316 g/mol. The molecule has 14 heavy (non-hydrogen) atoms. The number of hydrogen-bond donors (Lipinski definition) is 0. The van der Waals surface area contributed by atoms with Crippen LogP contribution in [0.3, 0.4) is 0 Å². The Hall–Kier alpha value is 0.240. The van der Waals surface area contributed by atoms with Crippen molar-refractivity contribution < 1.29 is 4.79 Å². The van der Waals surface area contributed by atoms with Gasteiger partial charge in [-0.05, 0) is 24.6 Å². The summed E-state index contributed by atoms with van der Waals surface area (Å²) in [5.74, 6) is -0.516. The fraction of sp³-hybridized carbons (Fsp3) is 0.222. The molecule has 0 atom stereocenters. The molecule has 1 nitrogen and oxygen atoms in total. The zero-order valence-electron chi connectivity index (χ0n) is 7.15. The SMILES string of the molecule is Cc1cc(C(=O)C(Cl)(Cl)Cl)ccc1Br. The monoisotopic (exact) mass is 314 g/mol. The minimum absolute atomic E-state index is 0.394. The Morgan fingerprint density at radius 2 is 1.93 bits per heavy atom. The molecule has 1 aromatic rings. The molecule has 0 aliphatic rings. The topological polar surface area (TPSA) is 17.1 Å². The third-order valence-electron chi connectivity index (χ3n) is 1.68. The van der Waals surface area contributed by atoms with Crippen molar-refractivity contribution in [1.29, 1.82) is 0 Å². The Morgan fingerprint density at radius 3 is 2.36 bits per heavy atom. The van der Waals surface area contributed by atoms with Crippen LogP contribution in [-0.4, -0.2) is 9.58 Å². The van der Waals surface area contributed by atoms with Gasteiger partial charge < -0.3 is 0 Å². The smallest absolute Gasteiger partial charge is 0.253 e. The van der Waals surface area contributed by atoms with Crippen LogP contribution in [0.15, 0.2) is 22.7 Å². The van der Waals surface area contributed by atoms with Gasteiger partial charge in [0, 0.05) is 10.0 Å². The van der Waals surface area contributed by atoms with Gasteiger partial charge in [-0.1, -0.05) is 56.8 Å². The van der Waals surface area contributed by atoms with Crippen LogP contribution in [0.5, 0.6) is 0 Å². The van der Waals surface area contributed by atoms with E-state index in [1.165, 1.54) is 0 Å². The minimum Gasteiger partial charge on any atom is -0.289 e. The number of aryl methyl sites for hydroxylation is 1. The fourth-order valence-electron chi connectivity index (χ4n) is 0.950. The van der Waals surface area contributed by atoms with Crippen LogP contribution in [0.25, 0.3) is 0 Å². The van der Waals surface area contributed by atoms with E-state index >= 15 is 0 Å². The molecule has 0 saturated carbocycles. The fourth-order valence-corrected chi connectivity index (χ4v) is 1.52. The van der Waals surface area contributed by atoms with E-state index in [1.54, 1.807) is 18.2 Å². The van der Waals surface area contributed by atoms with Gasteiger partial charge in [-0.2, -0.15) is 0 Å². The van der Waals surface area contributed by atoms with Crippen molar-refractivity contribution in [2.24, 2.45) is 0 Å². The van der Waals surface area contributed by atoms with Gasteiger partial charge in [-0.15, -0.1) is 0 Å². The number of benzene rings is 1. The summed E-state index contributed by atoms with van der Waals surface area (Å²) in [6, 6.07) is 5.04. The van der Waals surface area contributed by atoms with Crippen LogP contribution in [0.1, 0.15) is 15.9 Å². The standard InChI is InChI=1S/C9H6BrCl3O/c1-5-4-6(2-3-7(5)10)8(14)9(11,12)13/h2-4H,1H3. The molecule has 5 heteroatoms. The molecular formula is C9H6BrCl3O. The van der Waals surface area contributed by atoms with Crippen molar-refractivity contribution >= 4 is 56.5 Å². The second kappa shape index (κ2) is 4.40. The molecule has 0 unspecified atom stereocenters. The van der Waals surface area contributed by atoms with E-state index < -0.39 is 9.58 Å². The highest BCUT2D eigenvalue weighted by Crippen LogP contribution is 2.31. The molecule has 0 fully saturated rings. The Labute approximate surface area is 105 Å². The predicted octanol–water partition coefficient (Wildman–Crippen LogP) is 4.31. The lowest BCUT2D eigenvalue weighted by molar-refractivity contribution is 0.0996. The zero-order valence-corrected chi connectivity index (χ0v) is 11.0. The largest absolute Gasteiger partial charge is 0.289 e. The van der Waals surface area contributed by atoms with Crippen LogP contribution < -0.4 is 0 Å². The molecule has 0 saturated heterocycles. The summed E-state index contributed by atoms with van der Waals surface area (Å²) in [6.45, 7) is 1.86. The van der Waals surface area contributed by atoms with Crippen molar-refractivity contribution in [3.8, 4) is 0 Å². The molecule has 0 bridgehead atoms. The second-order valence-corrected chi connectivity index (χ2v) is 5.93. The van der Waals surface area contributed by atoms with Crippen LogP contribution in [-0.2, 0) is 0 Å². The van der Waals surface area contributed by atoms with E-state index in [4.69, 9.17) is 34.8 Å². The quantitative estimate of drug-likeness (QED) is 0.557. The highest BCUT2D eigenvalue weighted by molar-refractivity contribution is 9.10. The molecule has 0 heterocycles. The van der Waals surface area contributed by atoms with Crippen molar-refractivity contribution in [2.75, 3.05) is 0 Å². The summed E-state index contributed by atoms with van der Waals surface area (Å²) in [5, 5.41) is 0. The Kier molecular flexibility index (Phi) is 3.87. The summed E-state index contributed by atoms with van der Waals surface area (Å²) in [7, 11) is 0. The maximum absolute atomic E-state index is 11.5. The number of carbonyl (C=O) groups excluding carboxylic acids is 1. The van der Waals surface area contributed by atoms with E-state index in [2.05, 4.69) is 15.9 Å². The summed E-state index contributed by atoms with van der Waals surface area (Å²) in [4.78, 5) is 11.5. The van der Waals surface area contributed by atoms with E-state index in [9.17, 15) is 4.79 Å². The first-order valence-electron chi connectivity index (χ1n) is 3.70. The lowest BCUT2D eigenvalue weighted by Gasteiger charge is -2.10. The Balaban J connectivity index is 3.10. The van der Waals surface area contributed by atoms with E-state index in [1.807, 2.05) is 6.92 Å². The molecule has 0 aliphatic heterocycles. The third kappa shape index (κ3) is 2.86. The van der Waals surface area contributed by atoms with Gasteiger partial charge in [0.2, 0.25) is 5.78 Å². The van der Waals surface area contributed by atoms with Crippen LogP contribution in [0.4, 0.5) is 0 Å². The van der Waals surface area contributed by atoms with Crippen LogP contribution in [0, 0.1) is 6.92 Å². The number of ketones is 1. The zero-order chi connectivity index (χ0) is 10.9. The number of Topliss-reactive ketones (excluding diaryl/α,β-unsaturated/α-hetero) is 1. The molecule has 0 aromatic heterocycles. The van der Waals surface area contributed by atoms with Crippen LogP contribution in [0.2, 0.25) is 0 Å². The maximum atomic E-state index is 11.5. The number of hydrogen-bond acceptors (Lipinski definition) is 1. The van der Waals surface area contributed by atoms with Gasteiger partial charge >= 0.3 is 0 Å². The van der Waals surface area contributed by atoms with E-state index in [0.29, 0.717) is 5.56 Å². The van der Waals surface area contributed by atoms with Gasteiger partial charge in [0.25, 0.3) is 3.79 Å². The molecule has 1 rings (SSSR count). The average Bonchev–Trinajstić information content (AvgIpc) is 2.07. The van der Waals surface area contributed by atoms with Crippen molar-refractivity contribution in [3.63, 3.8) is 0 Å². The van der Waals surface area contributed by atoms with Crippen molar-refractivity contribution in [1.82, 2.24) is 0 Å². The van der Waals surface area contributed by atoms with Crippen molar-refractivity contribution in [3.05, 3.63) is 33.8 Å². The molecule has 0 aliphatic carbocycles. The lowest BCUT2D eigenvalue weighted by atomic mass is 10.1. The first-order valence-corrected chi connectivity index (χ1v) is 5.62. The second-order valence-electron chi connectivity index (χ2n) is 2.79. The highest BCUT2D eigenvalue weighted by Gasteiger charge is 2.31. The lowest BCUT2D eigenvalue weighted by Crippen LogP contribution is -2.18. The summed E-state index contributed by atoms with van der Waals surface area (Å²) >= 11 is 19.8. The van der Waals surface area contributed by atoms with Gasteiger partial charge in [0.1, 0.15) is 0 Å². The van der Waals surface area contributed by atoms with Crippen LogP contribution >= 0.6 is 50.7 Å². The number of rotatable bonds is 1. The normalized spacial score (nSPS) is 11.5. The van der Waals surface area contributed by atoms with Crippen molar-refractivity contribution in [2.45, 2.75) is 10.7 Å². The Bertz CT molecular complexity index is 371. The maximum Gasteiger partial charge on any atom is 0.253 e. The molecule has 76 valence electrons. The number of carbonyl (C=O) groups is 1. The number of halogens is 4. The molecule has 0 amide bonds. The predicted molar refractivity (Wildman–Crippen MR) is 63.5 cm³/mol. The highest BCUT2D eigenvalue weighted by atomic mass is 79.9. The first-order chi connectivity index (χ1) is 6.32. The Morgan fingerprint density at radius 1 is 1.36 bits per heavy atom. The summed E-state index contributed by atoms with van der Waals surface area (Å²) in [5.41, 5.74) is 1.32. The van der Waals surface area contributed by atoms with Gasteiger partial charge in [0.15, 0.2) is 0 Å². The van der Waals surface area contributed by atoms with Gasteiger partial charge in [0.05, 0.1) is 0 Å². The molecule has 0 radical (unpaired) electrons. The summed E-state index contributed by atoms with van der Waals surface area (Å²) in [6.07, 6.45) is 0. The van der Waals surface area contributed by atoms with E-state index in [-0.39, 0.29) is 0 Å². The molecule has 0 spiro atoms. The van der Waals surface area contributed by atoms with E-state index in [0.717, 1.165) is 10.0 Å².